The Kier molecular flexibility index (Phi) is 1.70. The van der Waals surface area contributed by atoms with Crippen molar-refractivity contribution in [3.8, 4) is 0 Å². The zero-order chi connectivity index (χ0) is 10.3. The van der Waals surface area contributed by atoms with Crippen molar-refractivity contribution in [2.24, 2.45) is 0 Å². The minimum absolute atomic E-state index is 0.234. The lowest BCUT2D eigenvalue weighted by Gasteiger charge is -1.90. The second kappa shape index (κ2) is 2.76. The van der Waals surface area contributed by atoms with Gasteiger partial charge in [0.05, 0.1) is 0 Å². The predicted octanol–water partition coefficient (Wildman–Crippen LogP) is 1.54. The quantitative estimate of drug-likeness (QED) is 0.730. The average molecular weight is 198 g/mol. The number of hydrogen-bond acceptors (Lipinski definition) is 2. The summed E-state index contributed by atoms with van der Waals surface area (Å²) in [7, 11) is 0. The van der Waals surface area contributed by atoms with Gasteiger partial charge in [-0.15, -0.1) is 0 Å². The van der Waals surface area contributed by atoms with Gasteiger partial charge in [-0.05, 0) is 12.1 Å². The molecule has 1 aromatic heterocycles. The molecule has 2 rings (SSSR count). The summed E-state index contributed by atoms with van der Waals surface area (Å²) in [4.78, 5) is 16.0. The third-order valence-electron chi connectivity index (χ3n) is 1.75. The Labute approximate surface area is 76.2 Å². The number of nitrogens with zero attached hydrogens (tertiary/aromatic N) is 1. The number of H-pyrrole nitrogens is 1. The van der Waals surface area contributed by atoms with Crippen molar-refractivity contribution in [2.45, 2.75) is 0 Å². The van der Waals surface area contributed by atoms with E-state index in [0.717, 1.165) is 12.1 Å². The van der Waals surface area contributed by atoms with E-state index in [9.17, 15) is 13.6 Å². The van der Waals surface area contributed by atoms with Crippen LogP contribution >= 0.6 is 0 Å². The van der Waals surface area contributed by atoms with Crippen LogP contribution in [-0.4, -0.2) is 21.0 Å². The van der Waals surface area contributed by atoms with Gasteiger partial charge in [-0.3, -0.25) is 0 Å². The van der Waals surface area contributed by atoms with Gasteiger partial charge >= 0.3 is 5.97 Å². The molecule has 0 fully saturated rings. The van der Waals surface area contributed by atoms with E-state index in [1.165, 1.54) is 0 Å². The monoisotopic (exact) mass is 198 g/mol. The van der Waals surface area contributed by atoms with Crippen molar-refractivity contribution in [1.29, 1.82) is 0 Å². The Bertz CT molecular complexity index is 482. The molecule has 0 bridgehead atoms. The number of aromatic amines is 1. The van der Waals surface area contributed by atoms with Gasteiger partial charge in [0.1, 0.15) is 16.9 Å². The van der Waals surface area contributed by atoms with Gasteiger partial charge in [-0.2, -0.15) is 0 Å². The fourth-order valence-electron chi connectivity index (χ4n) is 1.13. The van der Waals surface area contributed by atoms with Crippen LogP contribution in [0, 0.1) is 11.6 Å². The molecular formula is C8H4F2N2O2. The molecule has 0 radical (unpaired) electrons. The molecule has 72 valence electrons. The second-order valence-electron chi connectivity index (χ2n) is 2.64. The van der Waals surface area contributed by atoms with E-state index >= 15 is 0 Å². The lowest BCUT2D eigenvalue weighted by molar-refractivity contribution is 0.0685. The molecule has 4 nitrogen and oxygen atoms in total. The number of imidazole rings is 1. The number of benzene rings is 1. The fourth-order valence-corrected chi connectivity index (χ4v) is 1.13. The second-order valence-corrected chi connectivity index (χ2v) is 2.64. The van der Waals surface area contributed by atoms with E-state index < -0.39 is 23.4 Å². The average Bonchev–Trinajstić information content (AvgIpc) is 2.57. The first kappa shape index (κ1) is 8.61. The lowest BCUT2D eigenvalue weighted by atomic mass is 10.3. The Morgan fingerprint density at radius 2 is 2.00 bits per heavy atom. The first-order chi connectivity index (χ1) is 6.59. The molecule has 0 spiro atoms. The lowest BCUT2D eigenvalue weighted by Crippen LogP contribution is -1.97. The van der Waals surface area contributed by atoms with Crippen molar-refractivity contribution in [3.63, 3.8) is 0 Å². The maximum Gasteiger partial charge on any atom is 0.371 e. The Morgan fingerprint density at radius 1 is 1.36 bits per heavy atom. The van der Waals surface area contributed by atoms with Crippen LogP contribution in [-0.2, 0) is 0 Å². The number of halogens is 2. The summed E-state index contributed by atoms with van der Waals surface area (Å²) in [5.74, 6) is -3.34. The standard InChI is InChI=1S/C8H4F2N2O2/c9-3-1-2-4(10)6-5(3)11-7(12-6)8(13)14/h1-2H,(H,11,12)(H,13,14). The Morgan fingerprint density at radius 3 is 2.57 bits per heavy atom. The van der Waals surface area contributed by atoms with E-state index in [-0.39, 0.29) is 11.0 Å². The highest BCUT2D eigenvalue weighted by atomic mass is 19.1. The van der Waals surface area contributed by atoms with Crippen molar-refractivity contribution >= 4 is 17.0 Å². The minimum Gasteiger partial charge on any atom is -0.475 e. The molecule has 0 saturated heterocycles. The van der Waals surface area contributed by atoms with Crippen LogP contribution in [0.15, 0.2) is 12.1 Å². The van der Waals surface area contributed by atoms with Crippen LogP contribution in [0.2, 0.25) is 0 Å². The van der Waals surface area contributed by atoms with Crippen molar-refractivity contribution < 1.29 is 18.7 Å². The van der Waals surface area contributed by atoms with Crippen LogP contribution < -0.4 is 0 Å². The summed E-state index contributed by atoms with van der Waals surface area (Å²) in [6.45, 7) is 0. The van der Waals surface area contributed by atoms with Crippen LogP contribution in [0.4, 0.5) is 8.78 Å². The molecule has 6 heteroatoms. The molecule has 2 N–H and O–H groups in total. The van der Waals surface area contributed by atoms with Crippen LogP contribution in [0.3, 0.4) is 0 Å². The van der Waals surface area contributed by atoms with Crippen LogP contribution in [0.5, 0.6) is 0 Å². The molecule has 0 aliphatic rings. The third-order valence-corrected chi connectivity index (χ3v) is 1.75. The van der Waals surface area contributed by atoms with Gasteiger partial charge in [0.2, 0.25) is 5.82 Å². The topological polar surface area (TPSA) is 66.0 Å². The number of carbonyl (C=O) groups is 1. The molecule has 0 atom stereocenters. The van der Waals surface area contributed by atoms with E-state index in [1.807, 2.05) is 0 Å². The number of hydrogen-bond donors (Lipinski definition) is 2. The number of aromatic carboxylic acids is 1. The summed E-state index contributed by atoms with van der Waals surface area (Å²) in [5.41, 5.74) is -0.537. The number of rotatable bonds is 1. The number of fused-ring (bicyclic) bond motifs is 1. The van der Waals surface area contributed by atoms with Gasteiger partial charge in [0, 0.05) is 0 Å². The van der Waals surface area contributed by atoms with Crippen molar-refractivity contribution in [1.82, 2.24) is 9.97 Å². The molecule has 14 heavy (non-hydrogen) atoms. The number of aromatic nitrogens is 2. The predicted molar refractivity (Wildman–Crippen MR) is 43.0 cm³/mol. The largest absolute Gasteiger partial charge is 0.475 e. The SMILES string of the molecule is O=C(O)c1nc2c(F)ccc(F)c2[nH]1. The van der Waals surface area contributed by atoms with E-state index in [1.54, 1.807) is 0 Å². The highest BCUT2D eigenvalue weighted by molar-refractivity contribution is 5.89. The first-order valence-electron chi connectivity index (χ1n) is 3.66. The van der Waals surface area contributed by atoms with E-state index in [4.69, 9.17) is 5.11 Å². The molecular weight excluding hydrogens is 194 g/mol. The summed E-state index contributed by atoms with van der Waals surface area (Å²) < 4.78 is 26.0. The van der Waals surface area contributed by atoms with Gasteiger partial charge < -0.3 is 10.1 Å². The van der Waals surface area contributed by atoms with E-state index in [2.05, 4.69) is 9.97 Å². The van der Waals surface area contributed by atoms with Gasteiger partial charge in [0.15, 0.2) is 5.82 Å². The number of nitrogens with one attached hydrogen (secondary N) is 1. The van der Waals surface area contributed by atoms with Gasteiger partial charge in [0.25, 0.3) is 0 Å². The van der Waals surface area contributed by atoms with Crippen LogP contribution in [0.25, 0.3) is 11.0 Å². The Balaban J connectivity index is 2.82. The Hall–Kier alpha value is -1.98. The number of carboxylic acid groups (broad SMARTS) is 1. The molecule has 0 saturated carbocycles. The maximum atomic E-state index is 13.0. The summed E-state index contributed by atoms with van der Waals surface area (Å²) in [5, 5.41) is 8.53. The number of carboxylic acids is 1. The maximum absolute atomic E-state index is 13.0. The molecule has 1 aromatic carbocycles. The van der Waals surface area contributed by atoms with Gasteiger partial charge in [-0.1, -0.05) is 0 Å². The summed E-state index contributed by atoms with van der Waals surface area (Å²) >= 11 is 0. The van der Waals surface area contributed by atoms with Crippen molar-refractivity contribution in [3.05, 3.63) is 29.6 Å². The van der Waals surface area contributed by atoms with Crippen LogP contribution in [0.1, 0.15) is 10.6 Å². The molecule has 0 aliphatic heterocycles. The third kappa shape index (κ3) is 1.12. The minimum atomic E-state index is -1.36. The molecule has 0 amide bonds. The van der Waals surface area contributed by atoms with E-state index in [0.29, 0.717) is 0 Å². The molecule has 0 unspecified atom stereocenters. The smallest absolute Gasteiger partial charge is 0.371 e. The summed E-state index contributed by atoms with van der Waals surface area (Å²) in [6.07, 6.45) is 0. The molecule has 1 heterocycles. The fraction of sp³-hybridized carbons (Fsp3) is 0. The highest BCUT2D eigenvalue weighted by Crippen LogP contribution is 2.18. The molecule has 2 aromatic rings. The zero-order valence-corrected chi connectivity index (χ0v) is 6.71. The zero-order valence-electron chi connectivity index (χ0n) is 6.71. The van der Waals surface area contributed by atoms with Crippen molar-refractivity contribution in [2.75, 3.05) is 0 Å². The van der Waals surface area contributed by atoms with Gasteiger partial charge in [-0.25, -0.2) is 18.6 Å². The first-order valence-corrected chi connectivity index (χ1v) is 3.66. The molecule has 0 aliphatic carbocycles. The normalized spacial score (nSPS) is 10.7. The summed E-state index contributed by atoms with van der Waals surface area (Å²) in [6, 6.07) is 1.80. The highest BCUT2D eigenvalue weighted by Gasteiger charge is 2.14.